The molecule has 0 aromatic carbocycles. The molecule has 1 unspecified atom stereocenters. The summed E-state index contributed by atoms with van der Waals surface area (Å²) >= 11 is 6.03. The first-order valence-electron chi connectivity index (χ1n) is 7.08. The largest absolute Gasteiger partial charge is 0.368 e. The van der Waals surface area contributed by atoms with E-state index in [-0.39, 0.29) is 5.92 Å². The highest BCUT2D eigenvalue weighted by Gasteiger charge is 2.17. The number of anilines is 1. The van der Waals surface area contributed by atoms with Gasteiger partial charge in [0.25, 0.3) is 0 Å². The molecule has 0 saturated carbocycles. The Morgan fingerprint density at radius 1 is 1.26 bits per heavy atom. The number of likely N-dealkylation sites (tertiary alicyclic amines) is 1. The molecule has 4 nitrogen and oxygen atoms in total. The van der Waals surface area contributed by atoms with Crippen molar-refractivity contribution in [1.82, 2.24) is 14.9 Å². The number of rotatable bonds is 5. The van der Waals surface area contributed by atoms with Gasteiger partial charge < -0.3 is 5.32 Å². The summed E-state index contributed by atoms with van der Waals surface area (Å²) in [5, 5.41) is 3.89. The van der Waals surface area contributed by atoms with Crippen LogP contribution in [0.4, 0.5) is 5.82 Å². The Kier molecular flexibility index (Phi) is 4.99. The van der Waals surface area contributed by atoms with Gasteiger partial charge in [0.2, 0.25) is 0 Å². The zero-order valence-corrected chi connectivity index (χ0v) is 12.7. The predicted molar refractivity (Wildman–Crippen MR) is 79.9 cm³/mol. The smallest absolute Gasteiger partial charge is 0.135 e. The van der Waals surface area contributed by atoms with Crippen LogP contribution in [0.3, 0.4) is 0 Å². The molecule has 1 aromatic heterocycles. The van der Waals surface area contributed by atoms with Gasteiger partial charge in [0, 0.05) is 24.6 Å². The van der Waals surface area contributed by atoms with E-state index in [1.54, 1.807) is 6.07 Å². The number of halogens is 1. The second-order valence-electron chi connectivity index (χ2n) is 5.56. The number of aromatic nitrogens is 2. The van der Waals surface area contributed by atoms with Crippen LogP contribution >= 0.6 is 11.6 Å². The number of nitrogens with zero attached hydrogens (tertiary/aromatic N) is 3. The van der Waals surface area contributed by atoms with Crippen LogP contribution in [0.5, 0.6) is 0 Å². The molecule has 1 aliphatic rings. The van der Waals surface area contributed by atoms with Gasteiger partial charge in [0.15, 0.2) is 0 Å². The van der Waals surface area contributed by atoms with Crippen molar-refractivity contribution in [1.29, 1.82) is 0 Å². The van der Waals surface area contributed by atoms with Crippen molar-refractivity contribution < 1.29 is 0 Å². The lowest BCUT2D eigenvalue weighted by Crippen LogP contribution is -2.35. The topological polar surface area (TPSA) is 41.1 Å². The fourth-order valence-electron chi connectivity index (χ4n) is 2.35. The lowest BCUT2D eigenvalue weighted by atomic mass is 10.2. The second kappa shape index (κ2) is 6.53. The monoisotopic (exact) mass is 282 g/mol. The maximum absolute atomic E-state index is 6.03. The predicted octanol–water partition coefficient (Wildman–Crippen LogP) is 3.15. The van der Waals surface area contributed by atoms with Gasteiger partial charge in [-0.2, -0.15) is 0 Å². The van der Waals surface area contributed by atoms with E-state index in [1.807, 2.05) is 0 Å². The minimum Gasteiger partial charge on any atom is -0.368 e. The van der Waals surface area contributed by atoms with Crippen molar-refractivity contribution >= 4 is 17.4 Å². The van der Waals surface area contributed by atoms with Crippen molar-refractivity contribution in [3.8, 4) is 0 Å². The molecule has 1 N–H and O–H groups in total. The Morgan fingerprint density at radius 2 is 1.95 bits per heavy atom. The summed E-state index contributed by atoms with van der Waals surface area (Å²) in [6.45, 7) is 9.72. The molecule has 0 bridgehead atoms. The quantitative estimate of drug-likeness (QED) is 0.843. The minimum atomic E-state index is 0.287. The van der Waals surface area contributed by atoms with Crippen molar-refractivity contribution in [2.75, 3.05) is 25.0 Å². The summed E-state index contributed by atoms with van der Waals surface area (Å²) in [4.78, 5) is 11.3. The van der Waals surface area contributed by atoms with E-state index in [0.29, 0.717) is 11.2 Å². The van der Waals surface area contributed by atoms with Gasteiger partial charge in [0.05, 0.1) is 0 Å². The first kappa shape index (κ1) is 14.5. The Morgan fingerprint density at radius 3 is 2.58 bits per heavy atom. The molecular weight excluding hydrogens is 260 g/mol. The molecule has 1 aromatic rings. The summed E-state index contributed by atoms with van der Waals surface area (Å²) in [6, 6.07) is 2.32. The maximum Gasteiger partial charge on any atom is 0.135 e. The van der Waals surface area contributed by atoms with Crippen LogP contribution in [0.15, 0.2) is 6.07 Å². The Balaban J connectivity index is 1.94. The number of hydrogen-bond donors (Lipinski definition) is 1. The van der Waals surface area contributed by atoms with E-state index in [2.05, 4.69) is 41.0 Å². The van der Waals surface area contributed by atoms with Gasteiger partial charge in [-0.1, -0.05) is 25.4 Å². The molecule has 5 heteroatoms. The molecule has 0 spiro atoms. The normalized spacial score (nSPS) is 17.9. The van der Waals surface area contributed by atoms with Crippen molar-refractivity contribution in [3.63, 3.8) is 0 Å². The molecule has 106 valence electrons. The Hall–Kier alpha value is -0.870. The SMILES string of the molecule is CC(C)c1nc(Cl)cc(NCC(C)N2CCCC2)n1. The summed E-state index contributed by atoms with van der Waals surface area (Å²) in [6.07, 6.45) is 2.64. The highest BCUT2D eigenvalue weighted by atomic mass is 35.5. The highest BCUT2D eigenvalue weighted by molar-refractivity contribution is 6.29. The van der Waals surface area contributed by atoms with Gasteiger partial charge in [-0.25, -0.2) is 9.97 Å². The summed E-state index contributed by atoms with van der Waals surface area (Å²) in [5.41, 5.74) is 0. The third-order valence-electron chi connectivity index (χ3n) is 3.57. The lowest BCUT2D eigenvalue weighted by Gasteiger charge is -2.24. The second-order valence-corrected chi connectivity index (χ2v) is 5.95. The first-order chi connectivity index (χ1) is 9.06. The van der Waals surface area contributed by atoms with Gasteiger partial charge in [-0.05, 0) is 32.9 Å². The fraction of sp³-hybridized carbons (Fsp3) is 0.714. The molecule has 0 radical (unpaired) electrons. The third kappa shape index (κ3) is 4.05. The average molecular weight is 283 g/mol. The minimum absolute atomic E-state index is 0.287. The van der Waals surface area contributed by atoms with Crippen LogP contribution in [-0.4, -0.2) is 40.5 Å². The molecule has 1 atom stereocenters. The van der Waals surface area contributed by atoms with E-state index in [1.165, 1.54) is 25.9 Å². The van der Waals surface area contributed by atoms with E-state index in [9.17, 15) is 0 Å². The molecule has 1 saturated heterocycles. The highest BCUT2D eigenvalue weighted by Crippen LogP contribution is 2.17. The maximum atomic E-state index is 6.03. The molecule has 19 heavy (non-hydrogen) atoms. The molecule has 2 rings (SSSR count). The van der Waals surface area contributed by atoms with E-state index in [4.69, 9.17) is 11.6 Å². The number of nitrogens with one attached hydrogen (secondary N) is 1. The first-order valence-corrected chi connectivity index (χ1v) is 7.46. The van der Waals surface area contributed by atoms with Crippen LogP contribution in [0, 0.1) is 0 Å². The molecule has 1 fully saturated rings. The van der Waals surface area contributed by atoms with E-state index >= 15 is 0 Å². The molecular formula is C14H23ClN4. The Labute approximate surface area is 120 Å². The average Bonchev–Trinajstić information content (AvgIpc) is 2.89. The standard InChI is InChI=1S/C14H23ClN4/c1-10(2)14-17-12(15)8-13(18-14)16-9-11(3)19-6-4-5-7-19/h8,10-11H,4-7,9H2,1-3H3,(H,16,17,18). The molecule has 0 aliphatic carbocycles. The Bertz CT molecular complexity index is 416. The fourth-order valence-corrected chi connectivity index (χ4v) is 2.54. The van der Waals surface area contributed by atoms with E-state index in [0.717, 1.165) is 18.2 Å². The summed E-state index contributed by atoms with van der Waals surface area (Å²) in [5.74, 6) is 1.91. The summed E-state index contributed by atoms with van der Waals surface area (Å²) < 4.78 is 0. The van der Waals surface area contributed by atoms with Crippen molar-refractivity contribution in [2.24, 2.45) is 0 Å². The molecule has 2 heterocycles. The van der Waals surface area contributed by atoms with Crippen molar-refractivity contribution in [2.45, 2.75) is 45.6 Å². The van der Waals surface area contributed by atoms with Gasteiger partial charge in [-0.15, -0.1) is 0 Å². The van der Waals surface area contributed by atoms with E-state index < -0.39 is 0 Å². The van der Waals surface area contributed by atoms with Crippen LogP contribution < -0.4 is 5.32 Å². The van der Waals surface area contributed by atoms with Crippen molar-refractivity contribution in [3.05, 3.63) is 17.0 Å². The summed E-state index contributed by atoms with van der Waals surface area (Å²) in [7, 11) is 0. The van der Waals surface area contributed by atoms with Crippen LogP contribution in [0.25, 0.3) is 0 Å². The van der Waals surface area contributed by atoms with Gasteiger partial charge in [0.1, 0.15) is 16.8 Å². The number of hydrogen-bond acceptors (Lipinski definition) is 4. The van der Waals surface area contributed by atoms with Crippen LogP contribution in [0.2, 0.25) is 5.15 Å². The van der Waals surface area contributed by atoms with Gasteiger partial charge in [-0.3, -0.25) is 4.90 Å². The molecule has 0 amide bonds. The lowest BCUT2D eigenvalue weighted by molar-refractivity contribution is 0.269. The van der Waals surface area contributed by atoms with Gasteiger partial charge >= 0.3 is 0 Å². The molecule has 1 aliphatic heterocycles. The zero-order valence-electron chi connectivity index (χ0n) is 12.0. The van der Waals surface area contributed by atoms with Crippen LogP contribution in [0.1, 0.15) is 45.4 Å². The zero-order chi connectivity index (χ0) is 13.8. The third-order valence-corrected chi connectivity index (χ3v) is 3.76. The van der Waals surface area contributed by atoms with Crippen LogP contribution in [-0.2, 0) is 0 Å².